The molecule has 1 heterocycles. The van der Waals surface area contributed by atoms with Gasteiger partial charge in [0.05, 0.1) is 6.42 Å². The first-order valence-corrected chi connectivity index (χ1v) is 10.7. The summed E-state index contributed by atoms with van der Waals surface area (Å²) < 4.78 is 10.7. The molecule has 2 N–H and O–H groups in total. The fourth-order valence-electron chi connectivity index (χ4n) is 3.05. The fourth-order valence-corrected chi connectivity index (χ4v) is 3.49. The van der Waals surface area contributed by atoms with E-state index in [1.807, 2.05) is 18.2 Å². The minimum Gasteiger partial charge on any atom is -0.490 e. The van der Waals surface area contributed by atoms with E-state index < -0.39 is 17.9 Å². The Morgan fingerprint density at radius 3 is 2.56 bits per heavy atom. The number of nitrogens with one attached hydrogen (secondary N) is 2. The summed E-state index contributed by atoms with van der Waals surface area (Å²) in [7, 11) is 0. The van der Waals surface area contributed by atoms with Gasteiger partial charge >= 0.3 is 5.97 Å². The Balaban J connectivity index is 1.51. The molecular weight excluding hydrogens is 454 g/mol. The molecule has 2 aromatic rings. The van der Waals surface area contributed by atoms with Crippen LogP contribution in [0.2, 0.25) is 5.02 Å². The summed E-state index contributed by atoms with van der Waals surface area (Å²) in [6.45, 7) is 0.915. The molecule has 10 heteroatoms. The molecular formula is C22H22ClN3O5S. The number of halogens is 1. The Bertz CT molecular complexity index is 971. The van der Waals surface area contributed by atoms with Gasteiger partial charge in [-0.05, 0) is 48.6 Å². The Morgan fingerprint density at radius 1 is 1.12 bits per heavy atom. The molecule has 3 rings (SSSR count). The van der Waals surface area contributed by atoms with Gasteiger partial charge in [0.15, 0.2) is 5.11 Å². The molecule has 2 amide bonds. The summed E-state index contributed by atoms with van der Waals surface area (Å²) in [6.07, 6.45) is -0.214. The van der Waals surface area contributed by atoms with E-state index in [9.17, 15) is 14.4 Å². The van der Waals surface area contributed by atoms with Crippen molar-refractivity contribution in [2.24, 2.45) is 0 Å². The van der Waals surface area contributed by atoms with E-state index in [4.69, 9.17) is 33.3 Å². The standard InChI is InChI=1S/C22H22ClN3O5S/c23-16-8-6-15(7-9-16)20(28)25-22(32)26-11-10-24-21(29)18(26)14-19(27)31-13-12-30-17-4-2-1-3-5-17/h1-9,18H,10-14H2,(H,24,29)(H,25,28,32). The number of carbonyl (C=O) groups is 3. The number of ether oxygens (including phenoxy) is 2. The first kappa shape index (κ1) is 23.5. The predicted octanol–water partition coefficient (Wildman–Crippen LogP) is 2.17. The molecule has 0 radical (unpaired) electrons. The van der Waals surface area contributed by atoms with Crippen LogP contribution in [0.15, 0.2) is 54.6 Å². The fraction of sp³-hybridized carbons (Fsp3) is 0.273. The molecule has 1 saturated heterocycles. The lowest BCUT2D eigenvalue weighted by Crippen LogP contribution is -2.60. The number of nitrogens with zero attached hydrogens (tertiary/aromatic N) is 1. The van der Waals surface area contributed by atoms with E-state index >= 15 is 0 Å². The minimum atomic E-state index is -0.885. The third-order valence-electron chi connectivity index (χ3n) is 4.64. The predicted molar refractivity (Wildman–Crippen MR) is 123 cm³/mol. The molecule has 0 spiro atoms. The van der Waals surface area contributed by atoms with Crippen molar-refractivity contribution in [3.05, 3.63) is 65.2 Å². The van der Waals surface area contributed by atoms with Crippen LogP contribution in [0.4, 0.5) is 0 Å². The largest absolute Gasteiger partial charge is 0.490 e. The van der Waals surface area contributed by atoms with E-state index in [0.29, 0.717) is 29.4 Å². The first-order chi connectivity index (χ1) is 15.4. The van der Waals surface area contributed by atoms with Gasteiger partial charge in [0.1, 0.15) is 25.0 Å². The summed E-state index contributed by atoms with van der Waals surface area (Å²) in [6, 6.07) is 14.6. The zero-order valence-corrected chi connectivity index (χ0v) is 18.7. The lowest BCUT2D eigenvalue weighted by molar-refractivity contribution is -0.148. The zero-order chi connectivity index (χ0) is 22.9. The Hall–Kier alpha value is -3.17. The van der Waals surface area contributed by atoms with Crippen molar-refractivity contribution in [2.45, 2.75) is 12.5 Å². The third kappa shape index (κ3) is 6.66. The topological polar surface area (TPSA) is 97.0 Å². The number of hydrogen-bond donors (Lipinski definition) is 2. The maximum atomic E-state index is 12.4. The Morgan fingerprint density at radius 2 is 1.84 bits per heavy atom. The average Bonchev–Trinajstić information content (AvgIpc) is 2.79. The molecule has 32 heavy (non-hydrogen) atoms. The molecule has 0 saturated carbocycles. The van der Waals surface area contributed by atoms with E-state index in [1.165, 1.54) is 4.90 Å². The van der Waals surface area contributed by atoms with Crippen molar-refractivity contribution in [1.82, 2.24) is 15.5 Å². The van der Waals surface area contributed by atoms with Gasteiger partial charge in [-0.25, -0.2) is 0 Å². The number of rotatable bonds is 7. The highest BCUT2D eigenvalue weighted by Gasteiger charge is 2.34. The normalized spacial score (nSPS) is 15.5. The lowest BCUT2D eigenvalue weighted by Gasteiger charge is -2.36. The maximum Gasteiger partial charge on any atom is 0.308 e. The van der Waals surface area contributed by atoms with Crippen LogP contribution in [0, 0.1) is 0 Å². The number of para-hydroxylation sites is 1. The van der Waals surface area contributed by atoms with Gasteiger partial charge in [0.2, 0.25) is 5.91 Å². The summed E-state index contributed by atoms with van der Waals surface area (Å²) in [4.78, 5) is 38.6. The summed E-state index contributed by atoms with van der Waals surface area (Å²) in [5.41, 5.74) is 0.368. The number of amides is 2. The van der Waals surface area contributed by atoms with Gasteiger partial charge in [-0.3, -0.25) is 19.7 Å². The van der Waals surface area contributed by atoms with Crippen molar-refractivity contribution in [3.63, 3.8) is 0 Å². The number of hydrogen-bond acceptors (Lipinski definition) is 6. The molecule has 1 aliphatic heterocycles. The number of thiocarbonyl (C=S) groups is 1. The van der Waals surface area contributed by atoms with Gasteiger partial charge in [-0.1, -0.05) is 29.8 Å². The van der Waals surface area contributed by atoms with Crippen LogP contribution in [0.25, 0.3) is 0 Å². The third-order valence-corrected chi connectivity index (χ3v) is 5.23. The second-order valence-corrected chi connectivity index (χ2v) is 7.68. The van der Waals surface area contributed by atoms with Crippen LogP contribution >= 0.6 is 23.8 Å². The van der Waals surface area contributed by atoms with E-state index in [2.05, 4.69) is 10.6 Å². The highest BCUT2D eigenvalue weighted by Crippen LogP contribution is 2.13. The van der Waals surface area contributed by atoms with Gasteiger partial charge in [-0.2, -0.15) is 0 Å². The summed E-state index contributed by atoms with van der Waals surface area (Å²) in [5.74, 6) is -0.697. The van der Waals surface area contributed by atoms with Crippen LogP contribution in [0.3, 0.4) is 0 Å². The molecule has 0 aromatic heterocycles. The highest BCUT2D eigenvalue weighted by molar-refractivity contribution is 7.80. The van der Waals surface area contributed by atoms with Gasteiger partial charge in [0, 0.05) is 23.7 Å². The monoisotopic (exact) mass is 475 g/mol. The second-order valence-electron chi connectivity index (χ2n) is 6.85. The Labute approximate surface area is 195 Å². The van der Waals surface area contributed by atoms with E-state index in [0.717, 1.165) is 0 Å². The summed E-state index contributed by atoms with van der Waals surface area (Å²) in [5, 5.41) is 5.87. The number of piperazine rings is 1. The van der Waals surface area contributed by atoms with Crippen LogP contribution in [0.5, 0.6) is 5.75 Å². The van der Waals surface area contributed by atoms with E-state index in [-0.39, 0.29) is 30.7 Å². The smallest absolute Gasteiger partial charge is 0.308 e. The van der Waals surface area contributed by atoms with Crippen LogP contribution < -0.4 is 15.4 Å². The van der Waals surface area contributed by atoms with Crippen molar-refractivity contribution >= 4 is 46.7 Å². The minimum absolute atomic E-state index is 0.0415. The lowest BCUT2D eigenvalue weighted by atomic mass is 10.1. The van der Waals surface area contributed by atoms with Crippen LogP contribution in [-0.2, 0) is 14.3 Å². The zero-order valence-electron chi connectivity index (χ0n) is 17.1. The van der Waals surface area contributed by atoms with Crippen molar-refractivity contribution in [3.8, 4) is 5.75 Å². The van der Waals surface area contributed by atoms with Crippen molar-refractivity contribution < 1.29 is 23.9 Å². The molecule has 1 aliphatic rings. The molecule has 8 nitrogen and oxygen atoms in total. The molecule has 2 aromatic carbocycles. The second kappa shape index (κ2) is 11.4. The first-order valence-electron chi connectivity index (χ1n) is 9.93. The number of benzene rings is 2. The highest BCUT2D eigenvalue weighted by atomic mass is 35.5. The molecule has 168 valence electrons. The van der Waals surface area contributed by atoms with Crippen LogP contribution in [0.1, 0.15) is 16.8 Å². The van der Waals surface area contributed by atoms with Gasteiger partial charge < -0.3 is 19.7 Å². The van der Waals surface area contributed by atoms with Gasteiger partial charge in [0.25, 0.3) is 5.91 Å². The van der Waals surface area contributed by atoms with Gasteiger partial charge in [-0.15, -0.1) is 0 Å². The van der Waals surface area contributed by atoms with Crippen molar-refractivity contribution in [2.75, 3.05) is 26.3 Å². The van der Waals surface area contributed by atoms with E-state index in [1.54, 1.807) is 36.4 Å². The summed E-state index contributed by atoms with van der Waals surface area (Å²) >= 11 is 11.2. The van der Waals surface area contributed by atoms with Crippen molar-refractivity contribution in [1.29, 1.82) is 0 Å². The molecule has 0 bridgehead atoms. The number of esters is 1. The number of carbonyl (C=O) groups excluding carboxylic acids is 3. The quantitative estimate of drug-likeness (QED) is 0.360. The molecule has 1 unspecified atom stereocenters. The Kier molecular flexibility index (Phi) is 8.41. The average molecular weight is 476 g/mol. The van der Waals surface area contributed by atoms with Crippen LogP contribution in [-0.4, -0.2) is 60.1 Å². The molecule has 1 atom stereocenters. The SMILES string of the molecule is O=C(CC1C(=O)NCCN1C(=S)NC(=O)c1ccc(Cl)cc1)OCCOc1ccccc1. The molecule has 1 fully saturated rings. The molecule has 0 aliphatic carbocycles. The maximum absolute atomic E-state index is 12.4.